The van der Waals surface area contributed by atoms with Crippen LogP contribution in [-0.2, 0) is 0 Å². The molecule has 0 saturated heterocycles. The van der Waals surface area contributed by atoms with E-state index in [4.69, 9.17) is 4.74 Å². The van der Waals surface area contributed by atoms with E-state index in [1.54, 1.807) is 7.11 Å². The molecule has 1 unspecified atom stereocenters. The lowest BCUT2D eigenvalue weighted by Gasteiger charge is -2.22. The van der Waals surface area contributed by atoms with Crippen LogP contribution in [0.4, 0.5) is 0 Å². The average molecular weight is 291 g/mol. The highest BCUT2D eigenvalue weighted by atomic mass is 16.5. The van der Waals surface area contributed by atoms with Gasteiger partial charge < -0.3 is 10.1 Å². The van der Waals surface area contributed by atoms with Gasteiger partial charge in [-0.3, -0.25) is 0 Å². The second kappa shape index (κ2) is 9.83. The molecule has 1 aromatic carbocycles. The standard InChI is InChI=1S/C19H33NO/c1-6-8-9-10-11-12-18(20-7-2)17-13-16(4)19(21-5)14-15(17)3/h13-14,18,20H,6-12H2,1-5H3. The summed E-state index contributed by atoms with van der Waals surface area (Å²) in [6, 6.07) is 4.95. The number of aryl methyl sites for hydroxylation is 2. The fourth-order valence-electron chi connectivity index (χ4n) is 2.97. The molecule has 1 atom stereocenters. The lowest BCUT2D eigenvalue weighted by Crippen LogP contribution is -2.22. The van der Waals surface area contributed by atoms with Crippen LogP contribution in [0.25, 0.3) is 0 Å². The van der Waals surface area contributed by atoms with Crippen molar-refractivity contribution in [1.82, 2.24) is 5.32 Å². The van der Waals surface area contributed by atoms with Crippen molar-refractivity contribution in [3.05, 3.63) is 28.8 Å². The first-order chi connectivity index (χ1) is 10.1. The molecule has 1 aromatic rings. The maximum atomic E-state index is 5.43. The molecule has 0 radical (unpaired) electrons. The Morgan fingerprint density at radius 2 is 1.71 bits per heavy atom. The molecule has 0 aliphatic rings. The highest BCUT2D eigenvalue weighted by molar-refractivity contribution is 5.42. The first-order valence-electron chi connectivity index (χ1n) is 8.52. The summed E-state index contributed by atoms with van der Waals surface area (Å²) in [6.45, 7) is 9.80. The Hall–Kier alpha value is -1.02. The lowest BCUT2D eigenvalue weighted by atomic mass is 9.94. The van der Waals surface area contributed by atoms with Gasteiger partial charge in [0.1, 0.15) is 5.75 Å². The topological polar surface area (TPSA) is 21.3 Å². The van der Waals surface area contributed by atoms with Crippen LogP contribution in [0, 0.1) is 13.8 Å². The van der Waals surface area contributed by atoms with Crippen molar-refractivity contribution in [3.8, 4) is 5.75 Å². The minimum Gasteiger partial charge on any atom is -0.496 e. The Morgan fingerprint density at radius 3 is 2.33 bits per heavy atom. The molecule has 0 aliphatic carbocycles. The van der Waals surface area contributed by atoms with Gasteiger partial charge in [-0.05, 0) is 49.6 Å². The molecule has 0 aliphatic heterocycles. The van der Waals surface area contributed by atoms with Crippen LogP contribution in [0.1, 0.15) is 75.1 Å². The van der Waals surface area contributed by atoms with Crippen molar-refractivity contribution in [3.63, 3.8) is 0 Å². The Kier molecular flexibility index (Phi) is 8.44. The van der Waals surface area contributed by atoms with Gasteiger partial charge in [0.15, 0.2) is 0 Å². The molecule has 0 heterocycles. The zero-order chi connectivity index (χ0) is 15.7. The lowest BCUT2D eigenvalue weighted by molar-refractivity contribution is 0.410. The summed E-state index contributed by atoms with van der Waals surface area (Å²) in [7, 11) is 1.75. The molecule has 0 aromatic heterocycles. The van der Waals surface area contributed by atoms with Crippen LogP contribution < -0.4 is 10.1 Å². The third-order valence-corrected chi connectivity index (χ3v) is 4.21. The Morgan fingerprint density at radius 1 is 1.00 bits per heavy atom. The van der Waals surface area contributed by atoms with Crippen molar-refractivity contribution in [2.75, 3.05) is 13.7 Å². The minimum atomic E-state index is 0.473. The molecule has 120 valence electrons. The summed E-state index contributed by atoms with van der Waals surface area (Å²) in [5.41, 5.74) is 3.99. The van der Waals surface area contributed by atoms with Crippen LogP contribution in [0.2, 0.25) is 0 Å². The molecule has 0 saturated carbocycles. The molecular weight excluding hydrogens is 258 g/mol. The first kappa shape index (κ1) is 18.0. The van der Waals surface area contributed by atoms with Crippen LogP contribution >= 0.6 is 0 Å². The summed E-state index contributed by atoms with van der Waals surface area (Å²) in [5.74, 6) is 0.995. The first-order valence-corrected chi connectivity index (χ1v) is 8.52. The maximum Gasteiger partial charge on any atom is 0.122 e. The van der Waals surface area contributed by atoms with Crippen molar-refractivity contribution < 1.29 is 4.74 Å². The number of unbranched alkanes of at least 4 members (excludes halogenated alkanes) is 4. The molecule has 2 heteroatoms. The van der Waals surface area contributed by atoms with Crippen molar-refractivity contribution in [1.29, 1.82) is 0 Å². The Labute approximate surface area is 131 Å². The van der Waals surface area contributed by atoms with Crippen LogP contribution in [0.3, 0.4) is 0 Å². The molecule has 1 rings (SSSR count). The van der Waals surface area contributed by atoms with Gasteiger partial charge in [0.05, 0.1) is 7.11 Å². The number of benzene rings is 1. The average Bonchev–Trinajstić information content (AvgIpc) is 2.48. The normalized spacial score (nSPS) is 12.4. The third-order valence-electron chi connectivity index (χ3n) is 4.21. The summed E-state index contributed by atoms with van der Waals surface area (Å²) in [5, 5.41) is 3.65. The Balaban J connectivity index is 2.73. The molecule has 21 heavy (non-hydrogen) atoms. The number of ether oxygens (including phenoxy) is 1. The number of hydrogen-bond donors (Lipinski definition) is 1. The van der Waals surface area contributed by atoms with E-state index in [0.29, 0.717) is 6.04 Å². The molecule has 1 N–H and O–H groups in total. The fourth-order valence-corrected chi connectivity index (χ4v) is 2.97. The summed E-state index contributed by atoms with van der Waals surface area (Å²) < 4.78 is 5.43. The largest absolute Gasteiger partial charge is 0.496 e. The predicted molar refractivity (Wildman–Crippen MR) is 92.3 cm³/mol. The second-order valence-electron chi connectivity index (χ2n) is 5.99. The van der Waals surface area contributed by atoms with Crippen LogP contribution in [-0.4, -0.2) is 13.7 Å². The highest BCUT2D eigenvalue weighted by Gasteiger charge is 2.14. The quantitative estimate of drug-likeness (QED) is 0.589. The smallest absolute Gasteiger partial charge is 0.122 e. The zero-order valence-corrected chi connectivity index (χ0v) is 14.6. The van der Waals surface area contributed by atoms with Gasteiger partial charge in [-0.15, -0.1) is 0 Å². The molecule has 0 bridgehead atoms. The summed E-state index contributed by atoms with van der Waals surface area (Å²) in [6.07, 6.45) is 7.94. The van der Waals surface area contributed by atoms with E-state index < -0.39 is 0 Å². The van der Waals surface area contributed by atoms with E-state index in [9.17, 15) is 0 Å². The SMILES string of the molecule is CCCCCCCC(NCC)c1cc(C)c(OC)cc1C. The fraction of sp³-hybridized carbons (Fsp3) is 0.684. The van der Waals surface area contributed by atoms with Crippen LogP contribution in [0.5, 0.6) is 5.75 Å². The van der Waals surface area contributed by atoms with Gasteiger partial charge in [-0.25, -0.2) is 0 Å². The van der Waals surface area contributed by atoms with Crippen LogP contribution in [0.15, 0.2) is 12.1 Å². The van der Waals surface area contributed by atoms with E-state index in [0.717, 1.165) is 12.3 Å². The number of nitrogens with one attached hydrogen (secondary N) is 1. The van der Waals surface area contributed by atoms with E-state index in [1.807, 2.05) is 0 Å². The number of methoxy groups -OCH3 is 1. The van der Waals surface area contributed by atoms with E-state index in [1.165, 1.54) is 55.2 Å². The van der Waals surface area contributed by atoms with Gasteiger partial charge in [0.25, 0.3) is 0 Å². The monoisotopic (exact) mass is 291 g/mol. The Bertz CT molecular complexity index is 414. The van der Waals surface area contributed by atoms with Crippen molar-refractivity contribution >= 4 is 0 Å². The van der Waals surface area contributed by atoms with Crippen molar-refractivity contribution in [2.24, 2.45) is 0 Å². The summed E-state index contributed by atoms with van der Waals surface area (Å²) in [4.78, 5) is 0. The summed E-state index contributed by atoms with van der Waals surface area (Å²) >= 11 is 0. The number of hydrogen-bond acceptors (Lipinski definition) is 2. The van der Waals surface area contributed by atoms with E-state index in [2.05, 4.69) is 45.1 Å². The highest BCUT2D eigenvalue weighted by Crippen LogP contribution is 2.29. The molecule has 0 spiro atoms. The maximum absolute atomic E-state index is 5.43. The predicted octanol–water partition coefficient (Wildman–Crippen LogP) is 5.32. The van der Waals surface area contributed by atoms with Gasteiger partial charge in [-0.1, -0.05) is 52.0 Å². The van der Waals surface area contributed by atoms with Gasteiger partial charge in [-0.2, -0.15) is 0 Å². The molecule has 0 amide bonds. The second-order valence-corrected chi connectivity index (χ2v) is 5.99. The van der Waals surface area contributed by atoms with Gasteiger partial charge in [0, 0.05) is 6.04 Å². The number of rotatable bonds is 10. The van der Waals surface area contributed by atoms with Crippen molar-refractivity contribution in [2.45, 2.75) is 72.3 Å². The van der Waals surface area contributed by atoms with Gasteiger partial charge in [0.2, 0.25) is 0 Å². The molecule has 0 fully saturated rings. The molecule has 2 nitrogen and oxygen atoms in total. The van der Waals surface area contributed by atoms with E-state index in [-0.39, 0.29) is 0 Å². The minimum absolute atomic E-state index is 0.473. The van der Waals surface area contributed by atoms with E-state index >= 15 is 0 Å². The third kappa shape index (κ3) is 5.70. The van der Waals surface area contributed by atoms with Gasteiger partial charge >= 0.3 is 0 Å². The molecular formula is C19H33NO. The zero-order valence-electron chi connectivity index (χ0n) is 14.6.